The van der Waals surface area contributed by atoms with Gasteiger partial charge in [0.05, 0.1) is 11.7 Å². The van der Waals surface area contributed by atoms with E-state index in [0.29, 0.717) is 19.1 Å². The number of hydrogen-bond donors (Lipinski definition) is 1. The van der Waals surface area contributed by atoms with Crippen LogP contribution in [0.4, 0.5) is 17.3 Å². The molecule has 9 nitrogen and oxygen atoms in total. The molecule has 1 atom stereocenters. The Labute approximate surface area is 220 Å². The normalized spacial score (nSPS) is 17.4. The number of aromatic nitrogens is 3. The molecule has 2 aliphatic heterocycles. The van der Waals surface area contributed by atoms with Crippen molar-refractivity contribution >= 4 is 29.1 Å². The van der Waals surface area contributed by atoms with E-state index in [1.807, 2.05) is 66.7 Å². The van der Waals surface area contributed by atoms with Crippen LogP contribution in [0.25, 0.3) is 0 Å². The first kappa shape index (κ1) is 23.5. The largest absolute Gasteiger partial charge is 0.486 e. The van der Waals surface area contributed by atoms with Crippen LogP contribution in [-0.4, -0.2) is 64.1 Å². The quantitative estimate of drug-likeness (QED) is 0.370. The van der Waals surface area contributed by atoms with Gasteiger partial charge in [0.2, 0.25) is 5.88 Å². The molecule has 2 aliphatic rings. The Morgan fingerprint density at radius 1 is 0.919 bits per heavy atom. The van der Waals surface area contributed by atoms with Crippen molar-refractivity contribution in [3.63, 3.8) is 0 Å². The van der Waals surface area contributed by atoms with Crippen LogP contribution in [0.5, 0.6) is 17.4 Å². The molecule has 2 aromatic heterocycles. The Morgan fingerprint density at radius 2 is 1.73 bits per heavy atom. The Kier molecular flexibility index (Phi) is 7.00. The second kappa shape index (κ2) is 11.0. The van der Waals surface area contributed by atoms with Crippen molar-refractivity contribution < 1.29 is 14.2 Å². The summed E-state index contributed by atoms with van der Waals surface area (Å²) in [4.78, 5) is 9.12. The third kappa shape index (κ3) is 5.60. The summed E-state index contributed by atoms with van der Waals surface area (Å²) in [7, 11) is 0. The number of fused-ring (bicyclic) bond motifs is 1. The van der Waals surface area contributed by atoms with Gasteiger partial charge >= 0.3 is 0 Å². The number of nitrogens with zero attached hydrogens (tertiary/aromatic N) is 5. The number of nitrogens with one attached hydrogen (secondary N) is 1. The average molecular weight is 517 g/mol. The zero-order valence-corrected chi connectivity index (χ0v) is 21.1. The van der Waals surface area contributed by atoms with Crippen molar-refractivity contribution in [2.24, 2.45) is 0 Å². The Bertz CT molecular complexity index is 1310. The van der Waals surface area contributed by atoms with Gasteiger partial charge in [0.15, 0.2) is 23.1 Å². The molecule has 1 N–H and O–H groups in total. The van der Waals surface area contributed by atoms with Gasteiger partial charge in [-0.3, -0.25) is 4.90 Å². The van der Waals surface area contributed by atoms with Gasteiger partial charge in [0, 0.05) is 38.9 Å². The molecular weight excluding hydrogens is 488 g/mol. The molecule has 0 bridgehead atoms. The second-order valence-electron chi connectivity index (χ2n) is 8.98. The maximum absolute atomic E-state index is 6.15. The molecule has 0 saturated carbocycles. The van der Waals surface area contributed by atoms with Gasteiger partial charge in [-0.15, -0.1) is 0 Å². The highest BCUT2D eigenvalue weighted by atomic mass is 32.1. The molecule has 1 unspecified atom stereocenters. The van der Waals surface area contributed by atoms with Crippen molar-refractivity contribution in [3.05, 3.63) is 78.5 Å². The van der Waals surface area contributed by atoms with Gasteiger partial charge in [-0.25, -0.2) is 4.98 Å². The molecule has 1 saturated heterocycles. The van der Waals surface area contributed by atoms with Gasteiger partial charge in [0.1, 0.15) is 25.0 Å². The van der Waals surface area contributed by atoms with E-state index >= 15 is 0 Å². The molecular formula is C27H28N6O3S. The van der Waals surface area contributed by atoms with Gasteiger partial charge < -0.3 is 24.4 Å². The first-order valence-corrected chi connectivity index (χ1v) is 13.1. The van der Waals surface area contributed by atoms with E-state index in [1.54, 1.807) is 6.20 Å². The first-order chi connectivity index (χ1) is 18.3. The third-order valence-electron chi connectivity index (χ3n) is 6.41. The van der Waals surface area contributed by atoms with Crippen molar-refractivity contribution in [2.75, 3.05) is 49.5 Å². The van der Waals surface area contributed by atoms with Gasteiger partial charge in [-0.05, 0) is 29.8 Å². The highest BCUT2D eigenvalue weighted by Crippen LogP contribution is 2.33. The fourth-order valence-electron chi connectivity index (χ4n) is 4.51. The molecule has 1 fully saturated rings. The summed E-state index contributed by atoms with van der Waals surface area (Å²) >= 11 is 1.20. The summed E-state index contributed by atoms with van der Waals surface area (Å²) in [5, 5.41) is 3.40. The molecule has 0 spiro atoms. The lowest BCUT2D eigenvalue weighted by Gasteiger charge is -2.37. The van der Waals surface area contributed by atoms with Crippen molar-refractivity contribution in [1.29, 1.82) is 0 Å². The van der Waals surface area contributed by atoms with E-state index in [4.69, 9.17) is 14.2 Å². The lowest BCUT2D eigenvalue weighted by molar-refractivity contribution is 0.0571. The standard InChI is InChI=1S/C27H28N6O3S/c1-2-7-20(8-3-1)18-35-27-22(9-6-12-28-27)29-25-26(31-37-30-25)33-15-13-32(14-16-33)17-21-19-34-23-10-4-5-11-24(23)36-21/h1-12,21H,13-19H2,(H,29,30). The van der Waals surface area contributed by atoms with Gasteiger partial charge in [-0.1, -0.05) is 42.5 Å². The number of para-hydroxylation sites is 2. The van der Waals surface area contributed by atoms with Crippen molar-refractivity contribution in [2.45, 2.75) is 12.7 Å². The maximum Gasteiger partial charge on any atom is 0.238 e. The van der Waals surface area contributed by atoms with Crippen LogP contribution in [0.1, 0.15) is 5.56 Å². The molecule has 6 rings (SSSR count). The molecule has 0 radical (unpaired) electrons. The minimum atomic E-state index is 0.0273. The SMILES string of the molecule is c1ccc(COc2ncccc2Nc2nsnc2N2CCN(CC3COc4ccccc4O3)CC2)cc1. The predicted octanol–water partition coefficient (Wildman–Crippen LogP) is 4.22. The van der Waals surface area contributed by atoms with Crippen LogP contribution in [0.15, 0.2) is 72.9 Å². The van der Waals surface area contributed by atoms with Crippen LogP contribution in [0.3, 0.4) is 0 Å². The van der Waals surface area contributed by atoms with E-state index in [0.717, 1.165) is 67.1 Å². The highest BCUT2D eigenvalue weighted by molar-refractivity contribution is 6.99. The summed E-state index contributed by atoms with van der Waals surface area (Å²) in [6.07, 6.45) is 1.75. The number of benzene rings is 2. The van der Waals surface area contributed by atoms with Crippen molar-refractivity contribution in [3.8, 4) is 17.4 Å². The number of anilines is 3. The van der Waals surface area contributed by atoms with E-state index in [9.17, 15) is 0 Å². The fourth-order valence-corrected chi connectivity index (χ4v) is 5.04. The third-order valence-corrected chi connectivity index (χ3v) is 6.93. The van der Waals surface area contributed by atoms with E-state index in [1.165, 1.54) is 11.7 Å². The monoisotopic (exact) mass is 516 g/mol. The lowest BCUT2D eigenvalue weighted by atomic mass is 10.2. The van der Waals surface area contributed by atoms with Crippen molar-refractivity contribution in [1.82, 2.24) is 18.6 Å². The second-order valence-corrected chi connectivity index (χ2v) is 9.51. The van der Waals surface area contributed by atoms with Gasteiger partial charge in [0.25, 0.3) is 0 Å². The molecule has 0 amide bonds. The molecule has 190 valence electrons. The minimum Gasteiger partial charge on any atom is -0.486 e. The number of pyridine rings is 1. The summed E-state index contributed by atoms with van der Waals surface area (Å²) in [6.45, 7) is 5.39. The summed E-state index contributed by atoms with van der Waals surface area (Å²) in [5.41, 5.74) is 1.85. The average Bonchev–Trinajstić information content (AvgIpc) is 3.41. The molecule has 37 heavy (non-hydrogen) atoms. The molecule has 2 aromatic carbocycles. The van der Waals surface area contributed by atoms with Gasteiger partial charge in [-0.2, -0.15) is 8.75 Å². The Hall–Kier alpha value is -3.89. The van der Waals surface area contributed by atoms with E-state index < -0.39 is 0 Å². The Morgan fingerprint density at radius 3 is 2.59 bits per heavy atom. The van der Waals surface area contributed by atoms with Crippen LogP contribution in [0, 0.1) is 0 Å². The summed E-state index contributed by atoms with van der Waals surface area (Å²) in [6, 6.07) is 21.7. The summed E-state index contributed by atoms with van der Waals surface area (Å²) in [5.74, 6) is 3.75. The summed E-state index contributed by atoms with van der Waals surface area (Å²) < 4.78 is 27.2. The molecule has 4 heterocycles. The Balaban J connectivity index is 1.05. The zero-order chi connectivity index (χ0) is 24.9. The minimum absolute atomic E-state index is 0.0273. The predicted molar refractivity (Wildman–Crippen MR) is 143 cm³/mol. The smallest absolute Gasteiger partial charge is 0.238 e. The first-order valence-electron chi connectivity index (χ1n) is 12.4. The van der Waals surface area contributed by atoms with Crippen LogP contribution in [-0.2, 0) is 6.61 Å². The maximum atomic E-state index is 6.15. The van der Waals surface area contributed by atoms with Crippen LogP contribution >= 0.6 is 11.7 Å². The number of piperazine rings is 1. The zero-order valence-electron chi connectivity index (χ0n) is 20.3. The lowest BCUT2D eigenvalue weighted by Crippen LogP contribution is -2.50. The number of ether oxygens (including phenoxy) is 3. The molecule has 4 aromatic rings. The molecule has 10 heteroatoms. The topological polar surface area (TPSA) is 84.9 Å². The van der Waals surface area contributed by atoms with E-state index in [2.05, 4.69) is 28.8 Å². The van der Waals surface area contributed by atoms with Crippen LogP contribution in [0.2, 0.25) is 0 Å². The van der Waals surface area contributed by atoms with Crippen LogP contribution < -0.4 is 24.4 Å². The fraction of sp³-hybridized carbons (Fsp3) is 0.296. The molecule has 0 aliphatic carbocycles. The number of hydrogen-bond acceptors (Lipinski definition) is 10. The van der Waals surface area contributed by atoms with E-state index in [-0.39, 0.29) is 6.10 Å². The number of rotatable bonds is 8. The highest BCUT2D eigenvalue weighted by Gasteiger charge is 2.27.